The molecule has 0 saturated carbocycles. The van der Waals surface area contributed by atoms with Crippen LogP contribution in [0.5, 0.6) is 0 Å². The third-order valence-corrected chi connectivity index (χ3v) is 6.04. The molecule has 0 radical (unpaired) electrons. The molecular weight excluding hydrogens is 366 g/mol. The molecule has 26 heavy (non-hydrogen) atoms. The van der Waals surface area contributed by atoms with Gasteiger partial charge in [0.15, 0.2) is 5.16 Å². The Kier molecular flexibility index (Phi) is 4.74. The van der Waals surface area contributed by atoms with Gasteiger partial charge in [-0.25, -0.2) is 4.98 Å². The molecule has 1 N–H and O–H groups in total. The van der Waals surface area contributed by atoms with E-state index < -0.39 is 0 Å². The Labute approximate surface area is 159 Å². The van der Waals surface area contributed by atoms with Crippen molar-refractivity contribution in [3.8, 4) is 0 Å². The van der Waals surface area contributed by atoms with Crippen molar-refractivity contribution >= 4 is 40.3 Å². The molecule has 0 saturated heterocycles. The van der Waals surface area contributed by atoms with Gasteiger partial charge in [-0.15, -0.1) is 11.8 Å². The summed E-state index contributed by atoms with van der Waals surface area (Å²) >= 11 is 3.26. The van der Waals surface area contributed by atoms with Crippen molar-refractivity contribution in [3.05, 3.63) is 63.9 Å². The standard InChI is InChI=1S/C19H17N3O2S2/c1-25-14-5-2-12(3-6-14)11-20-17(23)13-4-7-15-16(10-13)21-19-22(18(15)24)8-9-26-19/h2-7,10H,8-9,11H2,1H3,(H,20,23). The van der Waals surface area contributed by atoms with Gasteiger partial charge in [-0.05, 0) is 42.2 Å². The lowest BCUT2D eigenvalue weighted by Gasteiger charge is -2.08. The molecule has 0 bridgehead atoms. The van der Waals surface area contributed by atoms with Crippen LogP contribution < -0.4 is 10.9 Å². The molecule has 7 heteroatoms. The number of nitrogens with one attached hydrogen (secondary N) is 1. The SMILES string of the molecule is CSc1ccc(CNC(=O)c2ccc3c(=O)n4c(nc3c2)SCC4)cc1. The van der Waals surface area contributed by atoms with Gasteiger partial charge in [0.1, 0.15) is 0 Å². The smallest absolute Gasteiger partial charge is 0.262 e. The highest BCUT2D eigenvalue weighted by atomic mass is 32.2. The van der Waals surface area contributed by atoms with Crippen molar-refractivity contribution in [1.29, 1.82) is 0 Å². The highest BCUT2D eigenvalue weighted by Gasteiger charge is 2.17. The van der Waals surface area contributed by atoms with Gasteiger partial charge >= 0.3 is 0 Å². The number of hydrogen-bond acceptors (Lipinski definition) is 5. The second-order valence-corrected chi connectivity index (χ2v) is 7.90. The van der Waals surface area contributed by atoms with E-state index in [0.29, 0.717) is 29.6 Å². The fourth-order valence-electron chi connectivity index (χ4n) is 2.91. The van der Waals surface area contributed by atoms with Gasteiger partial charge in [-0.2, -0.15) is 0 Å². The van der Waals surface area contributed by atoms with E-state index in [1.165, 1.54) is 4.90 Å². The topological polar surface area (TPSA) is 64.0 Å². The van der Waals surface area contributed by atoms with E-state index >= 15 is 0 Å². The summed E-state index contributed by atoms with van der Waals surface area (Å²) < 4.78 is 1.70. The largest absolute Gasteiger partial charge is 0.348 e. The van der Waals surface area contributed by atoms with Crippen molar-refractivity contribution in [3.63, 3.8) is 0 Å². The maximum absolute atomic E-state index is 12.5. The lowest BCUT2D eigenvalue weighted by molar-refractivity contribution is 0.0951. The molecule has 1 amide bonds. The van der Waals surface area contributed by atoms with Crippen LogP contribution >= 0.6 is 23.5 Å². The molecule has 2 heterocycles. The van der Waals surface area contributed by atoms with Crippen molar-refractivity contribution in [2.75, 3.05) is 12.0 Å². The van der Waals surface area contributed by atoms with E-state index in [1.807, 2.05) is 30.5 Å². The minimum Gasteiger partial charge on any atom is -0.348 e. The lowest BCUT2D eigenvalue weighted by Crippen LogP contribution is -2.24. The summed E-state index contributed by atoms with van der Waals surface area (Å²) in [5, 5.41) is 4.21. The molecule has 1 aromatic heterocycles. The van der Waals surface area contributed by atoms with Crippen LogP contribution in [0.15, 0.2) is 57.3 Å². The number of fused-ring (bicyclic) bond motifs is 2. The van der Waals surface area contributed by atoms with Crippen LogP contribution in [0.4, 0.5) is 0 Å². The zero-order chi connectivity index (χ0) is 18.1. The number of benzene rings is 2. The average Bonchev–Trinajstić information content (AvgIpc) is 3.15. The second kappa shape index (κ2) is 7.17. The van der Waals surface area contributed by atoms with Crippen LogP contribution in [0, 0.1) is 0 Å². The average molecular weight is 383 g/mol. The summed E-state index contributed by atoms with van der Waals surface area (Å²) in [7, 11) is 0. The molecule has 5 nitrogen and oxygen atoms in total. The van der Waals surface area contributed by atoms with Crippen molar-refractivity contribution in [2.24, 2.45) is 0 Å². The molecule has 0 aliphatic carbocycles. The van der Waals surface area contributed by atoms with Crippen LogP contribution in [0.3, 0.4) is 0 Å². The van der Waals surface area contributed by atoms with Crippen LogP contribution in [-0.4, -0.2) is 27.5 Å². The summed E-state index contributed by atoms with van der Waals surface area (Å²) in [6.07, 6.45) is 2.03. The second-order valence-electron chi connectivity index (χ2n) is 5.96. The Morgan fingerprint density at radius 1 is 1.27 bits per heavy atom. The molecule has 0 fully saturated rings. The Balaban J connectivity index is 1.55. The number of carbonyl (C=O) groups excluding carboxylic acids is 1. The number of nitrogens with zero attached hydrogens (tertiary/aromatic N) is 2. The molecular formula is C19H17N3O2S2. The van der Waals surface area contributed by atoms with Crippen molar-refractivity contribution in [2.45, 2.75) is 23.1 Å². The summed E-state index contributed by atoms with van der Waals surface area (Å²) in [6, 6.07) is 13.2. The predicted octanol–water partition coefficient (Wildman–Crippen LogP) is 3.15. The molecule has 0 atom stereocenters. The summed E-state index contributed by atoms with van der Waals surface area (Å²) in [5.74, 6) is 0.692. The highest BCUT2D eigenvalue weighted by molar-refractivity contribution is 7.99. The molecule has 132 valence electrons. The van der Waals surface area contributed by atoms with Crippen LogP contribution in [-0.2, 0) is 13.1 Å². The first-order valence-corrected chi connectivity index (χ1v) is 10.5. The number of amides is 1. The zero-order valence-electron chi connectivity index (χ0n) is 14.2. The number of rotatable bonds is 4. The van der Waals surface area contributed by atoms with E-state index in [2.05, 4.69) is 10.3 Å². The van der Waals surface area contributed by atoms with Gasteiger partial charge in [0.05, 0.1) is 10.9 Å². The van der Waals surface area contributed by atoms with Gasteiger partial charge in [0.2, 0.25) is 0 Å². The van der Waals surface area contributed by atoms with Crippen molar-refractivity contribution in [1.82, 2.24) is 14.9 Å². The van der Waals surface area contributed by atoms with Gasteiger partial charge in [-0.1, -0.05) is 23.9 Å². The maximum atomic E-state index is 12.5. The number of aromatic nitrogens is 2. The van der Waals surface area contributed by atoms with Gasteiger partial charge in [-0.3, -0.25) is 14.2 Å². The Bertz CT molecular complexity index is 1050. The zero-order valence-corrected chi connectivity index (χ0v) is 15.8. The first-order valence-electron chi connectivity index (χ1n) is 8.24. The van der Waals surface area contributed by atoms with E-state index in [4.69, 9.17) is 0 Å². The normalized spacial score (nSPS) is 13.0. The fourth-order valence-corrected chi connectivity index (χ4v) is 4.26. The minimum absolute atomic E-state index is 0.0316. The summed E-state index contributed by atoms with van der Waals surface area (Å²) in [4.78, 5) is 30.7. The fraction of sp³-hybridized carbons (Fsp3) is 0.211. The molecule has 1 aliphatic rings. The minimum atomic E-state index is -0.170. The van der Waals surface area contributed by atoms with E-state index in [1.54, 1.807) is 46.3 Å². The molecule has 4 rings (SSSR count). The van der Waals surface area contributed by atoms with E-state index in [-0.39, 0.29) is 11.5 Å². The maximum Gasteiger partial charge on any atom is 0.262 e. The van der Waals surface area contributed by atoms with Crippen LogP contribution in [0.1, 0.15) is 15.9 Å². The van der Waals surface area contributed by atoms with Gasteiger partial charge < -0.3 is 5.32 Å². The highest BCUT2D eigenvalue weighted by Crippen LogP contribution is 2.23. The van der Waals surface area contributed by atoms with Crippen molar-refractivity contribution < 1.29 is 4.79 Å². The summed E-state index contributed by atoms with van der Waals surface area (Å²) in [5.41, 5.74) is 2.10. The quantitative estimate of drug-likeness (QED) is 0.554. The predicted molar refractivity (Wildman–Crippen MR) is 106 cm³/mol. The van der Waals surface area contributed by atoms with E-state index in [9.17, 15) is 9.59 Å². The monoisotopic (exact) mass is 383 g/mol. The number of hydrogen-bond donors (Lipinski definition) is 1. The number of carbonyl (C=O) groups is 1. The molecule has 3 aromatic rings. The van der Waals surface area contributed by atoms with E-state index in [0.717, 1.165) is 16.5 Å². The van der Waals surface area contributed by atoms with Gasteiger partial charge in [0.25, 0.3) is 11.5 Å². The Hall–Kier alpha value is -2.25. The molecule has 0 spiro atoms. The van der Waals surface area contributed by atoms with Crippen LogP contribution in [0.2, 0.25) is 0 Å². The molecule has 1 aliphatic heterocycles. The third-order valence-electron chi connectivity index (χ3n) is 4.34. The Morgan fingerprint density at radius 3 is 2.85 bits per heavy atom. The third kappa shape index (κ3) is 3.24. The summed E-state index contributed by atoms with van der Waals surface area (Å²) in [6.45, 7) is 1.15. The van der Waals surface area contributed by atoms with Crippen LogP contribution in [0.25, 0.3) is 10.9 Å². The number of thioether (sulfide) groups is 2. The first kappa shape index (κ1) is 17.2. The first-order chi connectivity index (χ1) is 12.7. The lowest BCUT2D eigenvalue weighted by atomic mass is 10.1. The Morgan fingerprint density at radius 2 is 2.08 bits per heavy atom. The van der Waals surface area contributed by atoms with Gasteiger partial charge in [0, 0.05) is 29.3 Å². The molecule has 2 aromatic carbocycles. The molecule has 0 unspecified atom stereocenters.